The maximum absolute atomic E-state index is 12.4. The summed E-state index contributed by atoms with van der Waals surface area (Å²) in [6.45, 7) is 1.94. The molecule has 2 amide bonds. The van der Waals surface area contributed by atoms with Gasteiger partial charge in [-0.2, -0.15) is 4.91 Å². The first-order valence-electron chi connectivity index (χ1n) is 15.1. The molecule has 1 atom stereocenters. The lowest BCUT2D eigenvalue weighted by Gasteiger charge is -2.16. The van der Waals surface area contributed by atoms with Gasteiger partial charge in [0.2, 0.25) is 11.8 Å². The van der Waals surface area contributed by atoms with E-state index in [4.69, 9.17) is 10.5 Å². The molecule has 1 heterocycles. The number of unbranched alkanes of at least 4 members (excludes halogenated alkanes) is 6. The van der Waals surface area contributed by atoms with Crippen LogP contribution in [0.1, 0.15) is 82.3 Å². The van der Waals surface area contributed by atoms with Crippen molar-refractivity contribution in [1.29, 1.82) is 0 Å². The summed E-state index contributed by atoms with van der Waals surface area (Å²) in [5.74, 6) is -1.21. The highest BCUT2D eigenvalue weighted by Crippen LogP contribution is 2.19. The highest BCUT2D eigenvalue weighted by molar-refractivity contribution is 5.86. The predicted molar refractivity (Wildman–Crippen MR) is 169 cm³/mol. The smallest absolute Gasteiger partial charge is 0.329 e. The van der Waals surface area contributed by atoms with Crippen LogP contribution in [0.15, 0.2) is 59.9 Å². The average molecular weight is 610 g/mol. The molecule has 3 rings (SSSR count). The van der Waals surface area contributed by atoms with Crippen LogP contribution in [-0.4, -0.2) is 40.3 Å². The molecule has 44 heavy (non-hydrogen) atoms. The topological polar surface area (TPSA) is 187 Å². The van der Waals surface area contributed by atoms with Gasteiger partial charge in [-0.1, -0.05) is 68.8 Å². The van der Waals surface area contributed by atoms with Gasteiger partial charge in [0.05, 0.1) is 11.5 Å². The molecular weight excluding hydrogens is 566 g/mol. The summed E-state index contributed by atoms with van der Waals surface area (Å²) in [5, 5.41) is 17.1. The number of benzene rings is 2. The van der Waals surface area contributed by atoms with Crippen LogP contribution in [0.4, 0.5) is 5.69 Å². The number of H-pyrrole nitrogens is 1. The average Bonchev–Trinajstić information content (AvgIpc) is 3.44. The summed E-state index contributed by atoms with van der Waals surface area (Å²) in [4.78, 5) is 59.1. The summed E-state index contributed by atoms with van der Waals surface area (Å²) in [6.07, 6.45) is 11.7. The van der Waals surface area contributed by atoms with E-state index < -0.39 is 16.9 Å². The molecule has 4 N–H and O–H groups in total. The number of ether oxygens (including phenoxy) is 1. The Labute approximate surface area is 257 Å². The van der Waals surface area contributed by atoms with Crippen LogP contribution in [0.3, 0.4) is 0 Å². The number of amides is 2. The van der Waals surface area contributed by atoms with E-state index in [-0.39, 0.29) is 43.5 Å². The highest BCUT2D eigenvalue weighted by Gasteiger charge is 2.22. The van der Waals surface area contributed by atoms with Crippen LogP contribution in [0.2, 0.25) is 0 Å². The molecule has 238 valence electrons. The number of non-ortho nitro benzene ring substituents is 1. The van der Waals surface area contributed by atoms with Crippen LogP contribution in [-0.2, 0) is 32.1 Å². The van der Waals surface area contributed by atoms with Crippen molar-refractivity contribution in [2.24, 2.45) is 10.9 Å². The predicted octanol–water partition coefficient (Wildman–Crippen LogP) is 6.01. The zero-order chi connectivity index (χ0) is 32.2. The van der Waals surface area contributed by atoms with Crippen LogP contribution in [0, 0.1) is 15.0 Å². The molecule has 0 spiro atoms. The van der Waals surface area contributed by atoms with Gasteiger partial charge in [-0.15, -0.1) is 0 Å². The van der Waals surface area contributed by atoms with Crippen molar-refractivity contribution in [3.8, 4) is 0 Å². The number of nitroso groups, excluding NO2 is 1. The van der Waals surface area contributed by atoms with Gasteiger partial charge in [0.1, 0.15) is 12.6 Å². The largest absolute Gasteiger partial charge is 0.459 e. The van der Waals surface area contributed by atoms with E-state index in [1.807, 2.05) is 30.5 Å². The lowest BCUT2D eigenvalue weighted by molar-refractivity contribution is -0.384. The van der Waals surface area contributed by atoms with Gasteiger partial charge in [-0.05, 0) is 42.2 Å². The second kappa shape index (κ2) is 20.3. The molecule has 1 unspecified atom stereocenters. The number of carbonyl (C=O) groups is 3. The van der Waals surface area contributed by atoms with E-state index in [0.29, 0.717) is 18.4 Å². The van der Waals surface area contributed by atoms with Crippen molar-refractivity contribution in [3.05, 3.63) is 80.9 Å². The van der Waals surface area contributed by atoms with Crippen molar-refractivity contribution in [3.63, 3.8) is 0 Å². The first-order valence-corrected chi connectivity index (χ1v) is 15.1. The number of aryl methyl sites for hydroxylation is 1. The summed E-state index contributed by atoms with van der Waals surface area (Å²) < 4.78 is 5.22. The number of nitrogens with two attached hydrogens (primary N) is 1. The number of hydrogen-bond acceptors (Lipinski definition) is 8. The van der Waals surface area contributed by atoms with E-state index in [0.717, 1.165) is 29.3 Å². The zero-order valence-electron chi connectivity index (χ0n) is 25.3. The molecule has 1 aromatic heterocycles. The number of primary amides is 1. The number of hydrogen-bond donors (Lipinski definition) is 3. The number of nitrogens with one attached hydrogen (secondary N) is 2. The van der Waals surface area contributed by atoms with E-state index in [1.165, 1.54) is 56.4 Å². The number of esters is 1. The van der Waals surface area contributed by atoms with Crippen LogP contribution >= 0.6 is 0 Å². The van der Waals surface area contributed by atoms with Gasteiger partial charge in [0, 0.05) is 48.5 Å². The van der Waals surface area contributed by atoms with Crippen molar-refractivity contribution in [1.82, 2.24) is 10.3 Å². The summed E-state index contributed by atoms with van der Waals surface area (Å²) in [7, 11) is 0. The molecule has 0 aliphatic heterocycles. The Bertz CT molecular complexity index is 1340. The molecule has 2 aromatic carbocycles. The number of rotatable bonds is 19. The second-order valence-corrected chi connectivity index (χ2v) is 10.5. The minimum Gasteiger partial charge on any atom is -0.459 e. The first kappa shape index (κ1) is 35.6. The first-order chi connectivity index (χ1) is 21.2. The number of nitrogens with zero attached hydrogens (tertiary/aromatic N) is 2. The lowest BCUT2D eigenvalue weighted by Crippen LogP contribution is -2.42. The minimum absolute atomic E-state index is 0.0153. The Morgan fingerprint density at radius 1 is 1.00 bits per heavy atom. The van der Waals surface area contributed by atoms with Crippen molar-refractivity contribution in [2.75, 3.05) is 6.54 Å². The van der Waals surface area contributed by atoms with Gasteiger partial charge in [-0.3, -0.25) is 19.7 Å². The Balaban J connectivity index is 0.000000477. The van der Waals surface area contributed by atoms with Crippen molar-refractivity contribution in [2.45, 2.75) is 90.2 Å². The van der Waals surface area contributed by atoms with Gasteiger partial charge in [-0.25, -0.2) is 4.79 Å². The van der Waals surface area contributed by atoms with Gasteiger partial charge >= 0.3 is 5.97 Å². The standard InChI is InChI=1S/C22H22N4O6.C10H21NO/c27-21(10-7-16-13-23-19-4-2-1-3-18(16)19)25-20(11-12-24-29)22(28)32-14-15-5-8-17(9-6-15)26(30)31;1-2-3-4-5-6-7-8-9-10(11)12/h1-6,8-9,13,20,23H,7,10-12,14H2,(H,25,27);2-9H2,1H3,(H2,11,12). The lowest BCUT2D eigenvalue weighted by atomic mass is 10.1. The number of carbonyl (C=O) groups excluding carboxylic acids is 3. The third-order valence-corrected chi connectivity index (χ3v) is 6.98. The molecule has 0 fully saturated rings. The Hall–Kier alpha value is -4.61. The van der Waals surface area contributed by atoms with E-state index in [2.05, 4.69) is 22.4 Å². The molecular formula is C32H43N5O7. The Morgan fingerprint density at radius 2 is 1.68 bits per heavy atom. The van der Waals surface area contributed by atoms with E-state index in [1.54, 1.807) is 0 Å². The molecule has 12 heteroatoms. The highest BCUT2D eigenvalue weighted by atomic mass is 16.6. The zero-order valence-corrected chi connectivity index (χ0v) is 25.3. The van der Waals surface area contributed by atoms with Crippen molar-refractivity contribution < 1.29 is 24.0 Å². The third kappa shape index (κ3) is 13.6. The number of aromatic amines is 1. The number of nitro groups is 1. The number of nitro benzene ring substituents is 1. The SMILES string of the molecule is CCCCCCCCCC(N)=O.O=NCCC(NC(=O)CCc1c[nH]c2ccccc12)C(=O)OCc1ccc([N+](=O)[O-])cc1. The van der Waals surface area contributed by atoms with Gasteiger partial charge in [0.25, 0.3) is 5.69 Å². The maximum atomic E-state index is 12.4. The van der Waals surface area contributed by atoms with Crippen molar-refractivity contribution >= 4 is 34.4 Å². The fourth-order valence-electron chi connectivity index (χ4n) is 4.51. The van der Waals surface area contributed by atoms with Gasteiger partial charge in [0.15, 0.2) is 0 Å². The molecule has 0 saturated carbocycles. The van der Waals surface area contributed by atoms with Crippen LogP contribution in [0.25, 0.3) is 10.9 Å². The molecule has 0 radical (unpaired) electrons. The number of aromatic nitrogens is 1. The maximum Gasteiger partial charge on any atom is 0.329 e. The molecule has 12 nitrogen and oxygen atoms in total. The molecule has 0 saturated heterocycles. The molecule has 0 bridgehead atoms. The van der Waals surface area contributed by atoms with E-state index in [9.17, 15) is 29.4 Å². The summed E-state index contributed by atoms with van der Waals surface area (Å²) >= 11 is 0. The summed E-state index contributed by atoms with van der Waals surface area (Å²) in [5.41, 5.74) is 7.47. The van der Waals surface area contributed by atoms with Crippen LogP contribution < -0.4 is 11.1 Å². The van der Waals surface area contributed by atoms with E-state index >= 15 is 0 Å². The monoisotopic (exact) mass is 609 g/mol. The number of fused-ring (bicyclic) bond motifs is 1. The molecule has 3 aromatic rings. The Kier molecular flexibility index (Phi) is 16.4. The summed E-state index contributed by atoms with van der Waals surface area (Å²) in [6, 6.07) is 12.3. The fourth-order valence-corrected chi connectivity index (χ4v) is 4.51. The van der Waals surface area contributed by atoms with Crippen LogP contribution in [0.5, 0.6) is 0 Å². The second-order valence-electron chi connectivity index (χ2n) is 10.5. The quantitative estimate of drug-likeness (QED) is 0.0488. The molecule has 0 aliphatic carbocycles. The normalized spacial score (nSPS) is 11.2. The van der Waals surface area contributed by atoms with Gasteiger partial charge < -0.3 is 20.8 Å². The fraction of sp³-hybridized carbons (Fsp3) is 0.469. The molecule has 0 aliphatic rings. The Morgan fingerprint density at radius 3 is 2.34 bits per heavy atom. The third-order valence-electron chi connectivity index (χ3n) is 6.98. The number of para-hydroxylation sites is 1. The minimum atomic E-state index is -1.01.